The third kappa shape index (κ3) is 4.05. The van der Waals surface area contributed by atoms with Crippen LogP contribution < -0.4 is 16.2 Å². The van der Waals surface area contributed by atoms with Crippen LogP contribution in [0, 0.1) is 11.6 Å². The van der Waals surface area contributed by atoms with Crippen molar-refractivity contribution in [2.45, 2.75) is 5.54 Å². The molecule has 8 nitrogen and oxygen atoms in total. The Hall–Kier alpha value is -3.44. The molecule has 0 radical (unpaired) electrons. The number of nitrogen functional groups attached to an aromatic ring is 1. The number of hydrogen-bond donors (Lipinski definition) is 3. The Morgan fingerprint density at radius 2 is 1.94 bits per heavy atom. The zero-order chi connectivity index (χ0) is 23.9. The topological polar surface area (TPSA) is 133 Å². The number of amidine groups is 1. The normalized spacial score (nSPS) is 17.6. The Morgan fingerprint density at radius 3 is 2.58 bits per heavy atom. The van der Waals surface area contributed by atoms with Gasteiger partial charge in [-0.1, -0.05) is 33.6 Å². The number of pyridine rings is 1. The number of hydrogen-bond acceptors (Lipinski definition) is 7. The minimum absolute atomic E-state index is 0.0344. The van der Waals surface area contributed by atoms with Gasteiger partial charge in [0, 0.05) is 15.6 Å². The summed E-state index contributed by atoms with van der Waals surface area (Å²) in [6, 6.07) is 8.39. The van der Waals surface area contributed by atoms with E-state index in [1.165, 1.54) is 24.4 Å². The van der Waals surface area contributed by atoms with Gasteiger partial charge < -0.3 is 26.0 Å². The highest BCUT2D eigenvalue weighted by atomic mass is 79.9. The van der Waals surface area contributed by atoms with E-state index >= 15 is 0 Å². The summed E-state index contributed by atoms with van der Waals surface area (Å²) >= 11 is 9.28. The molecular formula is C21H14BrClF2N4O4. The Bertz CT molecular complexity index is 1320. The lowest BCUT2D eigenvalue weighted by molar-refractivity contribution is 0.0697. The zero-order valence-corrected chi connectivity index (χ0v) is 18.8. The minimum Gasteiger partial charge on any atom is -0.478 e. The predicted octanol–water partition coefficient (Wildman–Crippen LogP) is 4.44. The molecule has 2 aliphatic rings. The van der Waals surface area contributed by atoms with Crippen molar-refractivity contribution in [1.82, 2.24) is 4.98 Å². The van der Waals surface area contributed by atoms with Gasteiger partial charge in [-0.2, -0.15) is 0 Å². The van der Waals surface area contributed by atoms with E-state index < -0.39 is 23.1 Å². The number of nitrogens with zero attached hydrogens (tertiary/aromatic N) is 2. The van der Waals surface area contributed by atoms with Gasteiger partial charge in [-0.3, -0.25) is 0 Å². The smallest absolute Gasteiger partial charge is 0.337 e. The van der Waals surface area contributed by atoms with Gasteiger partial charge in [0.15, 0.2) is 22.9 Å². The third-order valence-corrected chi connectivity index (χ3v) is 5.62. The largest absolute Gasteiger partial charge is 0.478 e. The summed E-state index contributed by atoms with van der Waals surface area (Å²) in [5.74, 6) is -1.97. The van der Waals surface area contributed by atoms with E-state index in [0.29, 0.717) is 21.3 Å². The highest BCUT2D eigenvalue weighted by Gasteiger charge is 2.48. The lowest BCUT2D eigenvalue weighted by atomic mass is 9.82. The average molecular weight is 540 g/mol. The molecule has 0 saturated carbocycles. The minimum atomic E-state index is -1.22. The van der Waals surface area contributed by atoms with Crippen molar-refractivity contribution in [2.24, 2.45) is 10.7 Å². The number of rotatable bonds is 1. The second kappa shape index (κ2) is 8.49. The van der Waals surface area contributed by atoms with E-state index in [1.54, 1.807) is 12.1 Å². The molecule has 0 saturated heterocycles. The highest BCUT2D eigenvalue weighted by Crippen LogP contribution is 2.52. The Labute approximate surface area is 198 Å². The maximum atomic E-state index is 14.3. The summed E-state index contributed by atoms with van der Waals surface area (Å²) in [5.41, 5.74) is 10.5. The molecule has 1 unspecified atom stereocenters. The maximum Gasteiger partial charge on any atom is 0.337 e. The molecule has 0 fully saturated rings. The number of aliphatic imine (C=N–C) groups is 1. The van der Waals surface area contributed by atoms with Crippen molar-refractivity contribution in [3.05, 3.63) is 80.5 Å². The first kappa shape index (κ1) is 22.7. The Kier molecular flexibility index (Phi) is 5.85. The molecule has 170 valence electrons. The summed E-state index contributed by atoms with van der Waals surface area (Å²) in [6.45, 7) is 0.137. The zero-order valence-electron chi connectivity index (χ0n) is 16.5. The predicted molar refractivity (Wildman–Crippen MR) is 120 cm³/mol. The van der Waals surface area contributed by atoms with Crippen LogP contribution in [-0.4, -0.2) is 28.7 Å². The second-order valence-electron chi connectivity index (χ2n) is 6.97. The fourth-order valence-electron chi connectivity index (χ4n) is 3.48. The van der Waals surface area contributed by atoms with Crippen LogP contribution in [0.1, 0.15) is 21.5 Å². The van der Waals surface area contributed by atoms with Gasteiger partial charge in [-0.25, -0.2) is 23.6 Å². The lowest BCUT2D eigenvalue weighted by Gasteiger charge is -2.33. The first-order chi connectivity index (χ1) is 15.6. The number of nitrogens with two attached hydrogens (primary N) is 2. The number of fused-ring (bicyclic) bond motifs is 4. The number of carbonyl (C=O) groups is 1. The molecule has 5 N–H and O–H groups in total. The molecule has 2 aromatic carbocycles. The molecule has 3 heterocycles. The average Bonchev–Trinajstić information content (AvgIpc) is 3.14. The van der Waals surface area contributed by atoms with Crippen molar-refractivity contribution in [3.8, 4) is 11.5 Å². The fourth-order valence-corrected chi connectivity index (χ4v) is 4.07. The van der Waals surface area contributed by atoms with Gasteiger partial charge in [-0.05, 0) is 30.3 Å². The SMILES string of the molecule is NC1=NC2(CO1)c1cc(Cl)ncc1Oc1c(F)cc(Br)cc12.Nc1c(F)cccc1C(=O)O. The summed E-state index contributed by atoms with van der Waals surface area (Å²) in [5, 5.41) is 8.72. The number of ether oxygens (including phenoxy) is 2. The molecule has 3 aromatic rings. The standard InChI is InChI=1S/C14H8BrClFN3O2.C7H6FNO2/c15-6-1-8-12(9(17)2-6)22-10-4-19-11(16)3-7(10)14(8)5-21-13(18)20-14;8-5-3-1-2-4(6(5)9)7(10)11/h1-4H,5H2,(H2,18,20);1-3H,9H2,(H,10,11). The first-order valence-corrected chi connectivity index (χ1v) is 10.4. The highest BCUT2D eigenvalue weighted by molar-refractivity contribution is 9.10. The molecule has 1 atom stereocenters. The van der Waals surface area contributed by atoms with Crippen LogP contribution in [0.4, 0.5) is 14.5 Å². The van der Waals surface area contributed by atoms with Crippen molar-refractivity contribution < 1.29 is 28.2 Å². The van der Waals surface area contributed by atoms with Crippen LogP contribution in [0.25, 0.3) is 0 Å². The molecule has 1 aromatic heterocycles. The van der Waals surface area contributed by atoms with E-state index in [1.807, 2.05) is 0 Å². The molecule has 33 heavy (non-hydrogen) atoms. The van der Waals surface area contributed by atoms with Gasteiger partial charge in [0.1, 0.15) is 17.6 Å². The maximum absolute atomic E-state index is 14.3. The summed E-state index contributed by atoms with van der Waals surface area (Å²) in [6.07, 6.45) is 1.44. The molecular weight excluding hydrogens is 526 g/mol. The molecule has 0 bridgehead atoms. The molecule has 5 rings (SSSR count). The van der Waals surface area contributed by atoms with Crippen LogP contribution in [0.3, 0.4) is 0 Å². The summed E-state index contributed by atoms with van der Waals surface area (Å²) in [4.78, 5) is 18.7. The molecule has 2 aliphatic heterocycles. The van der Waals surface area contributed by atoms with E-state index in [0.717, 1.165) is 6.07 Å². The number of carboxylic acid groups (broad SMARTS) is 1. The van der Waals surface area contributed by atoms with Crippen LogP contribution in [0.2, 0.25) is 5.15 Å². The number of halogens is 4. The van der Waals surface area contributed by atoms with Gasteiger partial charge in [0.25, 0.3) is 6.02 Å². The van der Waals surface area contributed by atoms with Crippen LogP contribution >= 0.6 is 27.5 Å². The Balaban J connectivity index is 0.000000200. The van der Waals surface area contributed by atoms with E-state index in [4.69, 9.17) is 37.6 Å². The van der Waals surface area contributed by atoms with E-state index in [2.05, 4.69) is 25.9 Å². The van der Waals surface area contributed by atoms with Gasteiger partial charge in [0.05, 0.1) is 17.4 Å². The van der Waals surface area contributed by atoms with Crippen molar-refractivity contribution in [2.75, 3.05) is 12.3 Å². The lowest BCUT2D eigenvalue weighted by Crippen LogP contribution is -2.31. The first-order valence-electron chi connectivity index (χ1n) is 9.21. The summed E-state index contributed by atoms with van der Waals surface area (Å²) < 4.78 is 38.4. The van der Waals surface area contributed by atoms with Crippen molar-refractivity contribution in [1.29, 1.82) is 0 Å². The van der Waals surface area contributed by atoms with Crippen LogP contribution in [-0.2, 0) is 10.3 Å². The number of para-hydroxylation sites is 1. The molecule has 0 aliphatic carbocycles. The van der Waals surface area contributed by atoms with Gasteiger partial charge >= 0.3 is 5.97 Å². The third-order valence-electron chi connectivity index (χ3n) is 4.96. The van der Waals surface area contributed by atoms with Crippen LogP contribution in [0.5, 0.6) is 11.5 Å². The van der Waals surface area contributed by atoms with E-state index in [9.17, 15) is 13.6 Å². The van der Waals surface area contributed by atoms with E-state index in [-0.39, 0.29) is 34.8 Å². The quantitative estimate of drug-likeness (QED) is 0.308. The number of carboxylic acids is 1. The number of anilines is 1. The number of benzene rings is 2. The van der Waals surface area contributed by atoms with Crippen molar-refractivity contribution >= 4 is 45.2 Å². The van der Waals surface area contributed by atoms with Crippen molar-refractivity contribution in [3.63, 3.8) is 0 Å². The van der Waals surface area contributed by atoms with Gasteiger partial charge in [0.2, 0.25) is 0 Å². The molecule has 12 heteroatoms. The van der Waals surface area contributed by atoms with Crippen LogP contribution in [0.15, 0.2) is 52.1 Å². The monoisotopic (exact) mass is 538 g/mol. The summed E-state index contributed by atoms with van der Waals surface area (Å²) in [7, 11) is 0. The van der Waals surface area contributed by atoms with Gasteiger partial charge in [-0.15, -0.1) is 0 Å². The number of aromatic nitrogens is 1. The Morgan fingerprint density at radius 1 is 1.18 bits per heavy atom. The fraction of sp³-hybridized carbons (Fsp3) is 0.0952. The number of aromatic carboxylic acids is 1. The molecule has 1 spiro atoms. The second-order valence-corrected chi connectivity index (χ2v) is 8.28. The molecule has 0 amide bonds.